The van der Waals surface area contributed by atoms with Crippen molar-refractivity contribution < 1.29 is 23.9 Å². The number of likely N-dealkylation sites (N-methyl/N-ethyl adjacent to an activating group) is 1. The Morgan fingerprint density at radius 1 is 0.915 bits per heavy atom. The summed E-state index contributed by atoms with van der Waals surface area (Å²) >= 11 is 14.9. The molecule has 6 rings (SSSR count). The van der Waals surface area contributed by atoms with E-state index in [9.17, 15) is 19.2 Å². The molecule has 3 aromatic carbocycles. The zero-order valence-electron chi connectivity index (χ0n) is 32.6. The van der Waals surface area contributed by atoms with Crippen LogP contribution < -0.4 is 27.0 Å². The van der Waals surface area contributed by atoms with Crippen LogP contribution in [-0.2, 0) is 38.7 Å². The molecule has 16 heteroatoms. The molecule has 7 N–H and O–H groups in total. The minimum Gasteiger partial charge on any atom is -0.445 e. The van der Waals surface area contributed by atoms with E-state index in [4.69, 9.17) is 33.7 Å². The number of rotatable bonds is 12. The number of amides is 4. The van der Waals surface area contributed by atoms with Crippen molar-refractivity contribution in [1.82, 2.24) is 30.8 Å². The summed E-state index contributed by atoms with van der Waals surface area (Å²) in [6.45, 7) is 0.776. The molecule has 0 aliphatic carbocycles. The monoisotopic (exact) mass is 858 g/mol. The first-order valence-electron chi connectivity index (χ1n) is 19.5. The Kier molecular flexibility index (Phi) is 15.5. The number of pyridine rings is 1. The molecule has 310 valence electrons. The summed E-state index contributed by atoms with van der Waals surface area (Å²) in [4.78, 5) is 65.8. The number of anilines is 1. The number of nitrogens with zero attached hydrogens (tertiary/aromatic N) is 2. The Morgan fingerprint density at radius 2 is 1.68 bits per heavy atom. The van der Waals surface area contributed by atoms with E-state index in [2.05, 4.69) is 31.2 Å². The van der Waals surface area contributed by atoms with Gasteiger partial charge in [-0.3, -0.25) is 14.4 Å². The van der Waals surface area contributed by atoms with Gasteiger partial charge in [-0.15, -0.1) is 0 Å². The Bertz CT molecular complexity index is 2240. The first-order valence-corrected chi connectivity index (χ1v) is 21.1. The molecule has 1 aliphatic rings. The highest BCUT2D eigenvalue weighted by atomic mass is 35.5. The summed E-state index contributed by atoms with van der Waals surface area (Å²) in [5.41, 5.74) is 9.55. The number of aromatic nitrogens is 2. The van der Waals surface area contributed by atoms with E-state index in [1.54, 1.807) is 37.5 Å². The maximum Gasteiger partial charge on any atom is 0.407 e. The van der Waals surface area contributed by atoms with Crippen LogP contribution in [0.3, 0.4) is 0 Å². The van der Waals surface area contributed by atoms with E-state index >= 15 is 0 Å². The van der Waals surface area contributed by atoms with Crippen LogP contribution in [0.25, 0.3) is 10.9 Å². The standard InChI is InChI=1S/C43H48Cl2N8O5S/c1-53-37(23-28-24-49-33-14-6-5-13-29(28)33)40(55)50-25-30-31(44)18-19-32(45)38(30)59-41-35(17-10-21-47-41)51-34(39(54)52-36(42(53)56)15-7-8-20-46)16-9-22-48-43(57)58-26-27-11-3-2-4-12-27/h2-6,10-14,17-19,21,24,34,36-37,49,51H,7-9,15-16,20,22-23,25-26,46H2,1H3,(H,48,57)(H,50,55)(H,52,54)/t34-,36-,37-/m0/s1. The van der Waals surface area contributed by atoms with Gasteiger partial charge in [0.1, 0.15) is 29.8 Å². The molecule has 0 saturated carbocycles. The van der Waals surface area contributed by atoms with E-state index < -0.39 is 41.9 Å². The predicted molar refractivity (Wildman–Crippen MR) is 231 cm³/mol. The second-order valence-corrected chi connectivity index (χ2v) is 16.0. The summed E-state index contributed by atoms with van der Waals surface area (Å²) in [7, 11) is 1.58. The van der Waals surface area contributed by atoms with Crippen LogP contribution in [0.4, 0.5) is 10.5 Å². The molecule has 13 nitrogen and oxygen atoms in total. The van der Waals surface area contributed by atoms with Crippen molar-refractivity contribution in [3.63, 3.8) is 0 Å². The number of ether oxygens (including phenoxy) is 1. The number of carbonyl (C=O) groups is 4. The molecule has 5 aromatic rings. The van der Waals surface area contributed by atoms with Gasteiger partial charge in [-0.2, -0.15) is 0 Å². The minimum atomic E-state index is -0.975. The Hall–Kier alpha value is -5.28. The van der Waals surface area contributed by atoms with E-state index in [0.29, 0.717) is 63.4 Å². The number of carbonyl (C=O) groups excluding carboxylic acids is 4. The third kappa shape index (κ3) is 11.5. The maximum atomic E-state index is 14.6. The molecule has 0 bridgehead atoms. The number of nitrogens with two attached hydrogens (primary N) is 1. The number of para-hydroxylation sites is 1. The number of benzene rings is 3. The molecule has 1 aliphatic heterocycles. The topological polar surface area (TPSA) is 184 Å². The van der Waals surface area contributed by atoms with Gasteiger partial charge >= 0.3 is 6.09 Å². The van der Waals surface area contributed by atoms with Crippen molar-refractivity contribution in [2.75, 3.05) is 25.5 Å². The van der Waals surface area contributed by atoms with E-state index in [0.717, 1.165) is 22.0 Å². The molecule has 4 amide bonds. The van der Waals surface area contributed by atoms with E-state index in [-0.39, 0.29) is 32.5 Å². The highest BCUT2D eigenvalue weighted by molar-refractivity contribution is 7.99. The summed E-state index contributed by atoms with van der Waals surface area (Å²) in [6, 6.07) is 21.2. The van der Waals surface area contributed by atoms with Gasteiger partial charge in [-0.25, -0.2) is 9.78 Å². The van der Waals surface area contributed by atoms with Crippen molar-refractivity contribution in [3.05, 3.63) is 118 Å². The van der Waals surface area contributed by atoms with Crippen molar-refractivity contribution in [3.8, 4) is 0 Å². The Morgan fingerprint density at radius 3 is 2.49 bits per heavy atom. The van der Waals surface area contributed by atoms with Gasteiger partial charge in [0.05, 0.1) is 10.7 Å². The largest absolute Gasteiger partial charge is 0.445 e. The predicted octanol–water partition coefficient (Wildman–Crippen LogP) is 6.82. The zero-order chi connectivity index (χ0) is 41.7. The van der Waals surface area contributed by atoms with Gasteiger partial charge in [0.25, 0.3) is 0 Å². The van der Waals surface area contributed by atoms with Gasteiger partial charge < -0.3 is 41.6 Å². The average Bonchev–Trinajstić information content (AvgIpc) is 3.66. The zero-order valence-corrected chi connectivity index (χ0v) is 35.0. The number of hydrogen-bond donors (Lipinski definition) is 6. The van der Waals surface area contributed by atoms with Crippen molar-refractivity contribution in [2.45, 2.75) is 79.7 Å². The van der Waals surface area contributed by atoms with E-state index in [1.165, 1.54) is 16.7 Å². The summed E-state index contributed by atoms with van der Waals surface area (Å²) in [5, 5.41) is 14.4. The second-order valence-electron chi connectivity index (χ2n) is 14.2. The van der Waals surface area contributed by atoms with Crippen LogP contribution in [0, 0.1) is 0 Å². The lowest BCUT2D eigenvalue weighted by molar-refractivity contribution is -0.142. The lowest BCUT2D eigenvalue weighted by atomic mass is 10.0. The van der Waals surface area contributed by atoms with Gasteiger partial charge in [0.15, 0.2) is 0 Å². The van der Waals surface area contributed by atoms with Crippen LogP contribution in [0.2, 0.25) is 10.0 Å². The van der Waals surface area contributed by atoms with Gasteiger partial charge in [-0.1, -0.05) is 83.5 Å². The smallest absolute Gasteiger partial charge is 0.407 e. The number of halogens is 2. The normalized spacial score (nSPS) is 17.7. The molecule has 0 spiro atoms. The van der Waals surface area contributed by atoms with Crippen LogP contribution in [0.15, 0.2) is 101 Å². The van der Waals surface area contributed by atoms with Crippen LogP contribution in [-0.4, -0.2) is 76.9 Å². The fourth-order valence-corrected chi connectivity index (χ4v) is 8.47. The van der Waals surface area contributed by atoms with Gasteiger partial charge in [0, 0.05) is 65.3 Å². The number of fused-ring (bicyclic) bond motifs is 3. The van der Waals surface area contributed by atoms with Crippen LogP contribution in [0.5, 0.6) is 0 Å². The number of unbranched alkanes of at least 4 members (excludes halogenated alkanes) is 1. The molecular weight excluding hydrogens is 811 g/mol. The highest BCUT2D eigenvalue weighted by Gasteiger charge is 2.34. The van der Waals surface area contributed by atoms with Crippen molar-refractivity contribution >= 4 is 75.4 Å². The molecule has 0 fully saturated rings. The fourth-order valence-electron chi connectivity index (χ4n) is 6.89. The molecule has 3 atom stereocenters. The Balaban J connectivity index is 1.32. The molecular formula is C43H48Cl2N8O5S. The fraction of sp³-hybridized carbons (Fsp3) is 0.326. The Labute approximate surface area is 357 Å². The van der Waals surface area contributed by atoms with Gasteiger partial charge in [0.2, 0.25) is 17.7 Å². The van der Waals surface area contributed by atoms with Crippen LogP contribution in [0.1, 0.15) is 48.8 Å². The summed E-state index contributed by atoms with van der Waals surface area (Å²) in [6.07, 6.45) is 5.22. The highest BCUT2D eigenvalue weighted by Crippen LogP contribution is 2.41. The first kappa shape index (κ1) is 43.3. The average molecular weight is 860 g/mol. The number of aromatic amines is 1. The van der Waals surface area contributed by atoms with Crippen LogP contribution >= 0.6 is 35.0 Å². The molecule has 59 heavy (non-hydrogen) atoms. The lowest BCUT2D eigenvalue weighted by Crippen LogP contribution is -2.56. The molecule has 0 unspecified atom stereocenters. The van der Waals surface area contributed by atoms with Crippen molar-refractivity contribution in [1.29, 1.82) is 0 Å². The molecule has 3 heterocycles. The number of H-pyrrole nitrogens is 1. The third-order valence-corrected chi connectivity index (χ3v) is 12.1. The lowest BCUT2D eigenvalue weighted by Gasteiger charge is -2.32. The molecule has 2 aromatic heterocycles. The summed E-state index contributed by atoms with van der Waals surface area (Å²) in [5.74, 6) is -1.28. The van der Waals surface area contributed by atoms with E-state index in [1.807, 2.05) is 60.8 Å². The van der Waals surface area contributed by atoms with Crippen molar-refractivity contribution in [2.24, 2.45) is 5.73 Å². The summed E-state index contributed by atoms with van der Waals surface area (Å²) < 4.78 is 5.36. The second kappa shape index (κ2) is 21.1. The third-order valence-electron chi connectivity index (χ3n) is 10.1. The SMILES string of the molecule is CN1C(=O)[C@H](CCCCN)NC(=O)[C@H](CCCNC(=O)OCc2ccccc2)Nc2cccnc2Sc2c(Cl)ccc(Cl)c2CNC(=O)[C@@H]1Cc1c[nH]c2ccccc12. The number of nitrogens with one attached hydrogen (secondary N) is 5. The number of alkyl carbamates (subject to hydrolysis) is 1. The quantitative estimate of drug-likeness (QED) is 0.0734. The van der Waals surface area contributed by atoms with Gasteiger partial charge in [-0.05, 0) is 80.1 Å². The minimum absolute atomic E-state index is 0.0165. The molecule has 0 radical (unpaired) electrons. The molecule has 0 saturated heterocycles. The maximum absolute atomic E-state index is 14.6. The first-order chi connectivity index (χ1) is 28.6. The number of hydrogen-bond acceptors (Lipinski definition) is 9.